The van der Waals surface area contributed by atoms with Crippen LogP contribution in [0.2, 0.25) is 0 Å². The Bertz CT molecular complexity index is 224. The number of hydrogen-bond acceptors (Lipinski definition) is 3. The molecular formula is C16H29N3Ru. The van der Waals surface area contributed by atoms with E-state index in [0.29, 0.717) is 0 Å². The standard InChI is InChI=1S/C5H5.3C2H3N.5CH3.Ru/c1-2-4-5-3-1;3*1-2-3;;;;;;/h1-3H,4H2;3*1H3;5*1H3;/q-1;;;;5*-1;+6. The molecule has 0 bridgehead atoms. The molecule has 0 unspecified atom stereocenters. The number of hydrogen-bond donors (Lipinski definition) is 0. The maximum atomic E-state index is 7.32. The van der Waals surface area contributed by atoms with Crippen molar-refractivity contribution >= 4 is 0 Å². The summed E-state index contributed by atoms with van der Waals surface area (Å²) in [4.78, 5) is 0. The van der Waals surface area contributed by atoms with E-state index >= 15 is 0 Å². The first kappa shape index (κ1) is 62.6. The molecule has 0 atom stereocenters. The fraction of sp³-hybridized carbons (Fsp3) is 0.250. The van der Waals surface area contributed by atoms with Crippen molar-refractivity contribution in [2.45, 2.75) is 27.2 Å². The Morgan fingerprint density at radius 2 is 1.05 bits per heavy atom. The Morgan fingerprint density at radius 3 is 1.10 bits per heavy atom. The minimum Gasteiger partial charge on any atom is -0.358 e. The quantitative estimate of drug-likeness (QED) is 0.441. The predicted octanol–water partition coefficient (Wildman–Crippen LogP) is 5.14. The van der Waals surface area contributed by atoms with Crippen molar-refractivity contribution < 1.29 is 19.5 Å². The minimum atomic E-state index is 0. The minimum absolute atomic E-state index is 0. The third kappa shape index (κ3) is 315. The van der Waals surface area contributed by atoms with Crippen LogP contribution >= 0.6 is 0 Å². The third-order valence-corrected chi connectivity index (χ3v) is 0.586. The third-order valence-electron chi connectivity index (χ3n) is 0.586. The van der Waals surface area contributed by atoms with Crippen LogP contribution in [0.1, 0.15) is 27.2 Å². The van der Waals surface area contributed by atoms with Gasteiger partial charge >= 0.3 is 19.5 Å². The molecule has 4 heteroatoms. The molecule has 116 valence electrons. The molecule has 1 aliphatic carbocycles. The molecule has 1 aliphatic rings. The molecule has 0 spiro atoms. The van der Waals surface area contributed by atoms with Gasteiger partial charge in [0.15, 0.2) is 0 Å². The fourth-order valence-electron chi connectivity index (χ4n) is 0.340. The van der Waals surface area contributed by atoms with E-state index in [4.69, 9.17) is 15.8 Å². The summed E-state index contributed by atoms with van der Waals surface area (Å²) >= 11 is 0. The number of nitrogens with zero attached hydrogens (tertiary/aromatic N) is 3. The maximum absolute atomic E-state index is 7.32. The fourth-order valence-corrected chi connectivity index (χ4v) is 0.340. The molecule has 0 saturated heterocycles. The molecule has 0 fully saturated rings. The van der Waals surface area contributed by atoms with Crippen molar-refractivity contribution in [2.24, 2.45) is 0 Å². The molecule has 0 aromatic carbocycles. The molecule has 0 aliphatic heterocycles. The van der Waals surface area contributed by atoms with Gasteiger partial charge in [0.05, 0.1) is 18.2 Å². The van der Waals surface area contributed by atoms with Gasteiger partial charge in [-0.05, 0) is 0 Å². The molecular weight excluding hydrogens is 335 g/mol. The zero-order chi connectivity index (χ0) is 11.7. The Labute approximate surface area is 142 Å². The Kier molecular flexibility index (Phi) is 350. The largest absolute Gasteiger partial charge is 6.00 e. The van der Waals surface area contributed by atoms with Crippen LogP contribution in [-0.4, -0.2) is 0 Å². The maximum Gasteiger partial charge on any atom is 6.00 e. The molecule has 1 rings (SSSR count). The van der Waals surface area contributed by atoms with Gasteiger partial charge in [0.1, 0.15) is 0 Å². The Balaban J connectivity index is -0.0000000108. The normalized spacial score (nSPS) is 5.60. The van der Waals surface area contributed by atoms with Gasteiger partial charge in [-0.1, -0.05) is 0 Å². The second kappa shape index (κ2) is 112. The summed E-state index contributed by atoms with van der Waals surface area (Å²) in [5, 5.41) is 22.0. The first-order valence-electron chi connectivity index (χ1n) is 3.89. The summed E-state index contributed by atoms with van der Waals surface area (Å²) in [6.07, 6.45) is 10.0. The van der Waals surface area contributed by atoms with Gasteiger partial charge in [0.25, 0.3) is 0 Å². The van der Waals surface area contributed by atoms with Crippen molar-refractivity contribution in [1.29, 1.82) is 15.8 Å². The average molecular weight is 364 g/mol. The van der Waals surface area contributed by atoms with Gasteiger partial charge in [-0.3, -0.25) is 6.08 Å². The zero-order valence-electron chi connectivity index (χ0n) is 14.1. The molecule has 20 heavy (non-hydrogen) atoms. The van der Waals surface area contributed by atoms with Crippen LogP contribution in [0.5, 0.6) is 0 Å². The number of nitriles is 3. The van der Waals surface area contributed by atoms with E-state index in [2.05, 4.69) is 12.2 Å². The van der Waals surface area contributed by atoms with Crippen molar-refractivity contribution in [2.75, 3.05) is 0 Å². The van der Waals surface area contributed by atoms with Crippen LogP contribution in [0.4, 0.5) is 0 Å². The summed E-state index contributed by atoms with van der Waals surface area (Å²) in [5.74, 6) is 0. The van der Waals surface area contributed by atoms with E-state index in [9.17, 15) is 0 Å². The topological polar surface area (TPSA) is 71.4 Å². The summed E-state index contributed by atoms with van der Waals surface area (Å²) in [6, 6.07) is 5.25. The number of rotatable bonds is 0. The van der Waals surface area contributed by atoms with Crippen molar-refractivity contribution in [3.05, 3.63) is 61.4 Å². The number of allylic oxidation sites excluding steroid dienone is 4. The van der Waals surface area contributed by atoms with Crippen LogP contribution in [0.15, 0.2) is 18.2 Å². The monoisotopic (exact) mass is 365 g/mol. The molecule has 0 radical (unpaired) electrons. The van der Waals surface area contributed by atoms with Crippen molar-refractivity contribution in [3.63, 3.8) is 0 Å². The van der Waals surface area contributed by atoms with Crippen LogP contribution in [0, 0.1) is 77.2 Å². The molecule has 0 heterocycles. The van der Waals surface area contributed by atoms with Gasteiger partial charge in [-0.2, -0.15) is 21.9 Å². The first-order chi connectivity index (χ1) is 6.74. The van der Waals surface area contributed by atoms with E-state index in [1.54, 1.807) is 18.2 Å². The molecule has 0 amide bonds. The second-order valence-corrected chi connectivity index (χ2v) is 1.67. The van der Waals surface area contributed by atoms with E-state index in [1.165, 1.54) is 20.8 Å². The Morgan fingerprint density at radius 1 is 0.800 bits per heavy atom. The summed E-state index contributed by atoms with van der Waals surface area (Å²) in [7, 11) is 0. The summed E-state index contributed by atoms with van der Waals surface area (Å²) in [6.45, 7) is 4.29. The van der Waals surface area contributed by atoms with E-state index in [1.807, 2.05) is 12.2 Å². The van der Waals surface area contributed by atoms with Gasteiger partial charge in [-0.15, -0.1) is 6.42 Å². The van der Waals surface area contributed by atoms with Crippen molar-refractivity contribution in [3.8, 4) is 18.2 Å². The van der Waals surface area contributed by atoms with Gasteiger partial charge in [-0.25, -0.2) is 12.2 Å². The van der Waals surface area contributed by atoms with Gasteiger partial charge < -0.3 is 37.1 Å². The molecule has 0 saturated carbocycles. The zero-order valence-corrected chi connectivity index (χ0v) is 15.9. The van der Waals surface area contributed by atoms with E-state index in [-0.39, 0.29) is 56.6 Å². The smallest absolute Gasteiger partial charge is 0.358 e. The molecule has 3 nitrogen and oxygen atoms in total. The molecule has 0 aromatic heterocycles. The first-order valence-corrected chi connectivity index (χ1v) is 3.89. The SMILES string of the molecule is CC#N.CC#N.CC#N.[C-]1=CC=CC1.[CH3-].[CH3-].[CH3-].[CH3-].[CH3-].[Ru+6]. The predicted molar refractivity (Wildman–Crippen MR) is 87.5 cm³/mol. The summed E-state index contributed by atoms with van der Waals surface area (Å²) < 4.78 is 0. The van der Waals surface area contributed by atoms with Crippen molar-refractivity contribution in [1.82, 2.24) is 0 Å². The average Bonchev–Trinajstić information content (AvgIpc) is 2.63. The van der Waals surface area contributed by atoms with Gasteiger partial charge in [0.2, 0.25) is 0 Å². The van der Waals surface area contributed by atoms with Crippen LogP contribution in [-0.2, 0) is 19.5 Å². The van der Waals surface area contributed by atoms with E-state index in [0.717, 1.165) is 6.42 Å². The van der Waals surface area contributed by atoms with Crippen LogP contribution in [0.25, 0.3) is 0 Å². The van der Waals surface area contributed by atoms with Crippen LogP contribution in [0.3, 0.4) is 0 Å². The molecule has 0 N–H and O–H groups in total. The second-order valence-electron chi connectivity index (χ2n) is 1.67. The van der Waals surface area contributed by atoms with E-state index < -0.39 is 0 Å². The Hall–Kier alpha value is -1.43. The summed E-state index contributed by atoms with van der Waals surface area (Å²) in [5.41, 5.74) is 0. The molecule has 0 aromatic rings. The van der Waals surface area contributed by atoms with Gasteiger partial charge in [0, 0.05) is 20.8 Å². The van der Waals surface area contributed by atoms with Crippen LogP contribution < -0.4 is 0 Å².